The molecule has 0 amide bonds. The van der Waals surface area contributed by atoms with Gasteiger partial charge < -0.3 is 21.1 Å². The van der Waals surface area contributed by atoms with Crippen molar-refractivity contribution in [2.45, 2.75) is 18.8 Å². The minimum atomic E-state index is -1.95. The Morgan fingerprint density at radius 2 is 1.69 bits per heavy atom. The first-order valence-corrected chi connectivity index (χ1v) is 3.90. The Bertz CT molecular complexity index is 276. The van der Waals surface area contributed by atoms with Gasteiger partial charge in [0.2, 0.25) is 0 Å². The van der Waals surface area contributed by atoms with Gasteiger partial charge in [-0.05, 0) is 24.6 Å². The summed E-state index contributed by atoms with van der Waals surface area (Å²) in [6, 6.07) is 5.10. The lowest BCUT2D eigenvalue weighted by Crippen LogP contribution is -2.37. The fourth-order valence-corrected chi connectivity index (χ4v) is 0.997. The highest BCUT2D eigenvalue weighted by Gasteiger charge is 2.26. The maximum Gasteiger partial charge on any atom is 0.179 e. The second-order valence-electron chi connectivity index (χ2n) is 3.16. The highest BCUT2D eigenvalue weighted by Crippen LogP contribution is 2.22. The van der Waals surface area contributed by atoms with Gasteiger partial charge in [-0.15, -0.1) is 0 Å². The van der Waals surface area contributed by atoms with Crippen molar-refractivity contribution in [2.75, 3.05) is 0 Å². The number of phenols is 1. The predicted octanol–water partition coefficient (Wildman–Crippen LogP) is 0.0928. The first-order valence-electron chi connectivity index (χ1n) is 3.90. The van der Waals surface area contributed by atoms with E-state index in [4.69, 9.17) is 10.8 Å². The molecule has 1 rings (SSSR count). The van der Waals surface area contributed by atoms with Crippen LogP contribution in [0.2, 0.25) is 0 Å². The van der Waals surface area contributed by atoms with Crippen LogP contribution in [0, 0.1) is 0 Å². The molecule has 4 nitrogen and oxygen atoms in total. The van der Waals surface area contributed by atoms with Crippen LogP contribution in [0.4, 0.5) is 0 Å². The number of phenolic OH excluding ortho intramolecular Hbond substituents is 1. The number of hydrogen-bond donors (Lipinski definition) is 4. The molecule has 0 saturated carbocycles. The van der Waals surface area contributed by atoms with Crippen molar-refractivity contribution in [3.8, 4) is 5.75 Å². The number of hydrogen-bond acceptors (Lipinski definition) is 4. The van der Waals surface area contributed by atoms with Crippen LogP contribution in [0.3, 0.4) is 0 Å². The van der Waals surface area contributed by atoms with E-state index < -0.39 is 11.8 Å². The fourth-order valence-electron chi connectivity index (χ4n) is 0.997. The van der Waals surface area contributed by atoms with Gasteiger partial charge >= 0.3 is 0 Å². The third kappa shape index (κ3) is 2.42. The molecular weight excluding hydrogens is 170 g/mol. The molecule has 72 valence electrons. The molecule has 1 unspecified atom stereocenters. The van der Waals surface area contributed by atoms with Crippen molar-refractivity contribution in [3.63, 3.8) is 0 Å². The summed E-state index contributed by atoms with van der Waals surface area (Å²) >= 11 is 0. The third-order valence-corrected chi connectivity index (χ3v) is 1.84. The molecular formula is C9H13NO3. The van der Waals surface area contributed by atoms with E-state index in [9.17, 15) is 10.2 Å². The lowest BCUT2D eigenvalue weighted by molar-refractivity contribution is -0.162. The number of benzene rings is 1. The van der Waals surface area contributed by atoms with Crippen molar-refractivity contribution in [3.05, 3.63) is 29.8 Å². The Kier molecular flexibility index (Phi) is 2.56. The van der Waals surface area contributed by atoms with Crippen LogP contribution in [0.25, 0.3) is 0 Å². The summed E-state index contributed by atoms with van der Waals surface area (Å²) in [6.07, 6.45) is 0. The summed E-state index contributed by atoms with van der Waals surface area (Å²) in [5.41, 5.74) is 6.10. The van der Waals surface area contributed by atoms with E-state index >= 15 is 0 Å². The van der Waals surface area contributed by atoms with Crippen LogP contribution in [0.1, 0.15) is 18.5 Å². The van der Waals surface area contributed by atoms with Gasteiger partial charge in [-0.25, -0.2) is 0 Å². The van der Waals surface area contributed by atoms with E-state index in [1.165, 1.54) is 19.1 Å². The lowest BCUT2D eigenvalue weighted by Gasteiger charge is -2.24. The van der Waals surface area contributed by atoms with Crippen molar-refractivity contribution < 1.29 is 15.3 Å². The van der Waals surface area contributed by atoms with Crippen LogP contribution in [-0.2, 0) is 0 Å². The average Bonchev–Trinajstić information content (AvgIpc) is 2.03. The molecule has 0 heterocycles. The molecule has 0 aromatic heterocycles. The van der Waals surface area contributed by atoms with Crippen molar-refractivity contribution >= 4 is 0 Å². The largest absolute Gasteiger partial charge is 0.508 e. The number of aromatic hydroxyl groups is 1. The standard InChI is InChI=1S/C9H13NO3/c1-9(12,13)8(10)6-2-4-7(11)5-3-6/h2-5,8,11-13H,10H2,1H3. The van der Waals surface area contributed by atoms with E-state index in [2.05, 4.69) is 0 Å². The molecule has 1 aromatic rings. The second kappa shape index (κ2) is 3.33. The van der Waals surface area contributed by atoms with Crippen molar-refractivity contribution in [1.29, 1.82) is 0 Å². The first kappa shape index (κ1) is 9.98. The fraction of sp³-hybridized carbons (Fsp3) is 0.333. The van der Waals surface area contributed by atoms with Gasteiger partial charge in [0, 0.05) is 0 Å². The van der Waals surface area contributed by atoms with Gasteiger partial charge in [0.25, 0.3) is 0 Å². The predicted molar refractivity (Wildman–Crippen MR) is 47.9 cm³/mol. The summed E-state index contributed by atoms with van der Waals surface area (Å²) in [6.45, 7) is 1.21. The zero-order valence-electron chi connectivity index (χ0n) is 7.31. The molecule has 0 aliphatic rings. The minimum Gasteiger partial charge on any atom is -0.508 e. The van der Waals surface area contributed by atoms with E-state index in [1.54, 1.807) is 12.1 Å². The molecule has 0 aliphatic carbocycles. The summed E-state index contributed by atoms with van der Waals surface area (Å²) in [4.78, 5) is 0. The van der Waals surface area contributed by atoms with Crippen LogP contribution in [0.5, 0.6) is 5.75 Å². The highest BCUT2D eigenvalue weighted by molar-refractivity contribution is 5.28. The van der Waals surface area contributed by atoms with Crippen LogP contribution < -0.4 is 5.73 Å². The Hall–Kier alpha value is -1.10. The smallest absolute Gasteiger partial charge is 0.179 e. The van der Waals surface area contributed by atoms with Crippen LogP contribution >= 0.6 is 0 Å². The Morgan fingerprint density at radius 3 is 2.08 bits per heavy atom. The molecule has 0 fully saturated rings. The SMILES string of the molecule is CC(O)(O)C(N)c1ccc(O)cc1. The molecule has 13 heavy (non-hydrogen) atoms. The molecule has 1 aromatic carbocycles. The normalized spacial score (nSPS) is 14.2. The Morgan fingerprint density at radius 1 is 1.23 bits per heavy atom. The molecule has 0 spiro atoms. The zero-order valence-corrected chi connectivity index (χ0v) is 7.31. The lowest BCUT2D eigenvalue weighted by atomic mass is 10.0. The van der Waals surface area contributed by atoms with Crippen LogP contribution in [-0.4, -0.2) is 21.1 Å². The van der Waals surface area contributed by atoms with E-state index in [-0.39, 0.29) is 5.75 Å². The maximum absolute atomic E-state index is 9.18. The maximum atomic E-state index is 9.18. The minimum absolute atomic E-state index is 0.119. The average molecular weight is 183 g/mol. The molecule has 4 heteroatoms. The number of rotatable bonds is 2. The number of nitrogens with two attached hydrogens (primary N) is 1. The Labute approximate surface area is 76.2 Å². The summed E-state index contributed by atoms with van der Waals surface area (Å²) in [5.74, 6) is -1.83. The molecule has 0 saturated heterocycles. The van der Waals surface area contributed by atoms with Gasteiger partial charge in [-0.3, -0.25) is 0 Å². The van der Waals surface area contributed by atoms with Gasteiger partial charge in [-0.2, -0.15) is 0 Å². The highest BCUT2D eigenvalue weighted by atomic mass is 16.5. The monoisotopic (exact) mass is 183 g/mol. The Balaban J connectivity index is 2.90. The summed E-state index contributed by atoms with van der Waals surface area (Å²) in [5, 5.41) is 27.3. The number of aliphatic hydroxyl groups is 2. The van der Waals surface area contributed by atoms with Gasteiger partial charge in [-0.1, -0.05) is 12.1 Å². The topological polar surface area (TPSA) is 86.7 Å². The molecule has 5 N–H and O–H groups in total. The molecule has 0 bridgehead atoms. The molecule has 0 aliphatic heterocycles. The second-order valence-corrected chi connectivity index (χ2v) is 3.16. The molecule has 1 atom stereocenters. The van der Waals surface area contributed by atoms with E-state index in [0.717, 1.165) is 0 Å². The van der Waals surface area contributed by atoms with Crippen molar-refractivity contribution in [1.82, 2.24) is 0 Å². The van der Waals surface area contributed by atoms with Gasteiger partial charge in [0.05, 0.1) is 6.04 Å². The molecule has 0 radical (unpaired) electrons. The van der Waals surface area contributed by atoms with Crippen molar-refractivity contribution in [2.24, 2.45) is 5.73 Å². The third-order valence-electron chi connectivity index (χ3n) is 1.84. The summed E-state index contributed by atoms with van der Waals surface area (Å²) < 4.78 is 0. The van der Waals surface area contributed by atoms with E-state index in [0.29, 0.717) is 5.56 Å². The zero-order chi connectivity index (χ0) is 10.1. The quantitative estimate of drug-likeness (QED) is 0.489. The van der Waals surface area contributed by atoms with Gasteiger partial charge in [0.1, 0.15) is 5.75 Å². The van der Waals surface area contributed by atoms with Crippen LogP contribution in [0.15, 0.2) is 24.3 Å². The first-order chi connectivity index (χ1) is 5.91. The summed E-state index contributed by atoms with van der Waals surface area (Å²) in [7, 11) is 0. The van der Waals surface area contributed by atoms with Gasteiger partial charge in [0.15, 0.2) is 5.79 Å². The van der Waals surface area contributed by atoms with E-state index in [1.807, 2.05) is 0 Å².